The normalized spacial score (nSPS) is 17.1. The zero-order valence-electron chi connectivity index (χ0n) is 13.3. The van der Waals surface area contributed by atoms with E-state index in [1.165, 1.54) is 5.57 Å². The van der Waals surface area contributed by atoms with Gasteiger partial charge in [-0.05, 0) is 30.3 Å². The van der Waals surface area contributed by atoms with Crippen LogP contribution in [-0.2, 0) is 4.79 Å². The van der Waals surface area contributed by atoms with Crippen molar-refractivity contribution in [2.24, 2.45) is 5.41 Å². The van der Waals surface area contributed by atoms with E-state index in [2.05, 4.69) is 32.2 Å². The average Bonchev–Trinajstić information content (AvgIpc) is 2.42. The highest BCUT2D eigenvalue weighted by atomic mass is 32.2. The highest BCUT2D eigenvalue weighted by Gasteiger charge is 2.26. The monoisotopic (exact) mass is 314 g/mol. The maximum atomic E-state index is 12.1. The maximum Gasteiger partial charge on any atom is 0.326 e. The summed E-state index contributed by atoms with van der Waals surface area (Å²) in [6.07, 6.45) is 5.30. The zero-order valence-corrected chi connectivity index (χ0v) is 14.1. The molecule has 0 bridgehead atoms. The van der Waals surface area contributed by atoms with Crippen molar-refractivity contribution < 1.29 is 14.7 Å². The molecule has 1 heterocycles. The standard InChI is InChI=1S/C15H26N2O3S/c1-15(2,3)11-5-8-17(9-6-11)14(20)16-12(13(18)19)7-10-21-4/h5,12H,6-10H2,1-4H3,(H,16,20)(H,18,19). The molecule has 0 spiro atoms. The molecule has 0 aromatic heterocycles. The van der Waals surface area contributed by atoms with E-state index in [1.807, 2.05) is 6.26 Å². The summed E-state index contributed by atoms with van der Waals surface area (Å²) in [6.45, 7) is 7.68. The molecule has 1 unspecified atom stereocenters. The lowest BCUT2D eigenvalue weighted by Crippen LogP contribution is -2.49. The van der Waals surface area contributed by atoms with Crippen LogP contribution in [0.1, 0.15) is 33.6 Å². The van der Waals surface area contributed by atoms with Crippen LogP contribution in [0.3, 0.4) is 0 Å². The fourth-order valence-electron chi connectivity index (χ4n) is 2.27. The fourth-order valence-corrected chi connectivity index (χ4v) is 2.74. The lowest BCUT2D eigenvalue weighted by Gasteiger charge is -2.32. The average molecular weight is 314 g/mol. The van der Waals surface area contributed by atoms with E-state index in [4.69, 9.17) is 5.11 Å². The third kappa shape index (κ3) is 5.61. The summed E-state index contributed by atoms with van der Waals surface area (Å²) in [7, 11) is 0. The van der Waals surface area contributed by atoms with Crippen LogP contribution in [0, 0.1) is 5.41 Å². The maximum absolute atomic E-state index is 12.1. The van der Waals surface area contributed by atoms with Gasteiger partial charge in [0.2, 0.25) is 0 Å². The van der Waals surface area contributed by atoms with Crippen LogP contribution in [0.5, 0.6) is 0 Å². The molecule has 0 aliphatic carbocycles. The molecule has 0 aromatic rings. The quantitative estimate of drug-likeness (QED) is 0.765. The molecule has 5 nitrogen and oxygen atoms in total. The number of hydrogen-bond donors (Lipinski definition) is 2. The first kappa shape index (κ1) is 17.9. The fraction of sp³-hybridized carbons (Fsp3) is 0.733. The SMILES string of the molecule is CSCCC(NC(=O)N1CC=C(C(C)(C)C)CC1)C(=O)O. The summed E-state index contributed by atoms with van der Waals surface area (Å²) in [5, 5.41) is 11.8. The van der Waals surface area contributed by atoms with Gasteiger partial charge in [0.05, 0.1) is 0 Å². The molecule has 2 N–H and O–H groups in total. The largest absolute Gasteiger partial charge is 0.480 e. The van der Waals surface area contributed by atoms with Crippen molar-refractivity contribution in [2.45, 2.75) is 39.7 Å². The minimum absolute atomic E-state index is 0.129. The molecule has 0 saturated carbocycles. The summed E-state index contributed by atoms with van der Waals surface area (Å²) in [5.74, 6) is -0.258. The van der Waals surface area contributed by atoms with Gasteiger partial charge in [-0.2, -0.15) is 11.8 Å². The van der Waals surface area contributed by atoms with Gasteiger partial charge < -0.3 is 15.3 Å². The Bertz CT molecular complexity index is 416. The second-order valence-corrected chi connectivity index (χ2v) is 7.28. The van der Waals surface area contributed by atoms with Crippen LogP contribution in [0.15, 0.2) is 11.6 Å². The smallest absolute Gasteiger partial charge is 0.326 e. The van der Waals surface area contributed by atoms with Crippen molar-refractivity contribution in [1.82, 2.24) is 10.2 Å². The van der Waals surface area contributed by atoms with Crippen molar-refractivity contribution in [1.29, 1.82) is 0 Å². The Hall–Kier alpha value is -1.17. The van der Waals surface area contributed by atoms with Gasteiger partial charge in [-0.25, -0.2) is 9.59 Å². The predicted octanol–water partition coefficient (Wildman–Crippen LogP) is 2.58. The summed E-state index contributed by atoms with van der Waals surface area (Å²) < 4.78 is 0. The number of carbonyl (C=O) groups is 2. The minimum Gasteiger partial charge on any atom is -0.480 e. The van der Waals surface area contributed by atoms with Crippen molar-refractivity contribution in [3.63, 3.8) is 0 Å². The second kappa shape index (κ2) is 7.73. The Morgan fingerprint density at radius 3 is 2.57 bits per heavy atom. The Labute approximate surface area is 131 Å². The number of urea groups is 1. The highest BCUT2D eigenvalue weighted by Crippen LogP contribution is 2.29. The summed E-state index contributed by atoms with van der Waals surface area (Å²) in [6, 6.07) is -1.09. The highest BCUT2D eigenvalue weighted by molar-refractivity contribution is 7.98. The van der Waals surface area contributed by atoms with E-state index in [9.17, 15) is 9.59 Å². The molecule has 21 heavy (non-hydrogen) atoms. The molecule has 120 valence electrons. The number of aliphatic carboxylic acids is 1. The van der Waals surface area contributed by atoms with Gasteiger partial charge in [-0.1, -0.05) is 32.4 Å². The minimum atomic E-state index is -0.972. The molecule has 6 heteroatoms. The van der Waals surface area contributed by atoms with Gasteiger partial charge in [0.1, 0.15) is 6.04 Å². The number of carbonyl (C=O) groups excluding carboxylic acids is 1. The molecule has 0 fully saturated rings. The van der Waals surface area contributed by atoms with Crippen molar-refractivity contribution >= 4 is 23.8 Å². The molecule has 2 amide bonds. The molecular weight excluding hydrogens is 288 g/mol. The van der Waals surface area contributed by atoms with Crippen LogP contribution in [0.2, 0.25) is 0 Å². The number of rotatable bonds is 5. The Morgan fingerprint density at radius 1 is 1.48 bits per heavy atom. The van der Waals surface area contributed by atoms with E-state index in [0.29, 0.717) is 25.3 Å². The van der Waals surface area contributed by atoms with E-state index in [-0.39, 0.29) is 11.4 Å². The summed E-state index contributed by atoms with van der Waals surface area (Å²) in [5.41, 5.74) is 1.48. The number of thioether (sulfide) groups is 1. The first-order valence-electron chi connectivity index (χ1n) is 7.22. The topological polar surface area (TPSA) is 69.6 Å². The molecule has 1 aliphatic heterocycles. The second-order valence-electron chi connectivity index (χ2n) is 6.30. The number of amides is 2. The van der Waals surface area contributed by atoms with Gasteiger partial charge in [-0.3, -0.25) is 0 Å². The third-order valence-electron chi connectivity index (χ3n) is 3.67. The molecule has 0 saturated heterocycles. The van der Waals surface area contributed by atoms with Crippen LogP contribution in [-0.4, -0.2) is 53.1 Å². The summed E-state index contributed by atoms with van der Waals surface area (Å²) >= 11 is 1.58. The lowest BCUT2D eigenvalue weighted by molar-refractivity contribution is -0.139. The first-order chi connectivity index (χ1) is 9.75. The van der Waals surface area contributed by atoms with E-state index < -0.39 is 12.0 Å². The van der Waals surface area contributed by atoms with Crippen LogP contribution < -0.4 is 5.32 Å². The number of hydrogen-bond acceptors (Lipinski definition) is 3. The van der Waals surface area contributed by atoms with Gasteiger partial charge in [0.15, 0.2) is 0 Å². The number of carboxylic acids is 1. The first-order valence-corrected chi connectivity index (χ1v) is 8.61. The van der Waals surface area contributed by atoms with Gasteiger partial charge in [0.25, 0.3) is 0 Å². The Balaban J connectivity index is 2.57. The molecular formula is C15H26N2O3S. The molecule has 0 radical (unpaired) electrons. The van der Waals surface area contributed by atoms with Crippen LogP contribution in [0.25, 0.3) is 0 Å². The zero-order chi connectivity index (χ0) is 16.0. The van der Waals surface area contributed by atoms with Gasteiger partial charge in [-0.15, -0.1) is 0 Å². The van der Waals surface area contributed by atoms with E-state index in [1.54, 1.807) is 16.7 Å². The molecule has 1 aliphatic rings. The molecule has 0 aromatic carbocycles. The number of nitrogens with zero attached hydrogens (tertiary/aromatic N) is 1. The Kier molecular flexibility index (Phi) is 6.58. The molecule has 1 atom stereocenters. The van der Waals surface area contributed by atoms with Crippen molar-refractivity contribution in [2.75, 3.05) is 25.1 Å². The molecule has 1 rings (SSSR count). The summed E-state index contributed by atoms with van der Waals surface area (Å²) in [4.78, 5) is 25.0. The van der Waals surface area contributed by atoms with Gasteiger partial charge >= 0.3 is 12.0 Å². The third-order valence-corrected chi connectivity index (χ3v) is 4.31. The van der Waals surface area contributed by atoms with Crippen molar-refractivity contribution in [3.8, 4) is 0 Å². The van der Waals surface area contributed by atoms with Crippen LogP contribution >= 0.6 is 11.8 Å². The van der Waals surface area contributed by atoms with Crippen LogP contribution in [0.4, 0.5) is 4.79 Å². The number of nitrogens with one attached hydrogen (secondary N) is 1. The Morgan fingerprint density at radius 2 is 2.14 bits per heavy atom. The number of carboxylic acid groups (broad SMARTS) is 1. The van der Waals surface area contributed by atoms with Crippen molar-refractivity contribution in [3.05, 3.63) is 11.6 Å². The predicted molar refractivity (Wildman–Crippen MR) is 86.7 cm³/mol. The lowest BCUT2D eigenvalue weighted by atomic mass is 9.83. The van der Waals surface area contributed by atoms with Gasteiger partial charge in [0, 0.05) is 13.1 Å². The van der Waals surface area contributed by atoms with E-state index >= 15 is 0 Å². The van der Waals surface area contributed by atoms with E-state index in [0.717, 1.165) is 6.42 Å².